The summed E-state index contributed by atoms with van der Waals surface area (Å²) in [6.45, 7) is 3.07. The Morgan fingerprint density at radius 2 is 1.77 bits per heavy atom. The zero-order valence-electron chi connectivity index (χ0n) is 16.7. The van der Waals surface area contributed by atoms with Crippen molar-refractivity contribution >= 4 is 33.2 Å². The Morgan fingerprint density at radius 1 is 1.07 bits per heavy atom. The zero-order chi connectivity index (χ0) is 21.7. The number of carbonyl (C=O) groups is 2. The van der Waals surface area contributed by atoms with Crippen LogP contribution < -0.4 is 14.8 Å². The Kier molecular flexibility index (Phi) is 6.58. The molecule has 3 rings (SSSR count). The number of rotatable bonds is 6. The van der Waals surface area contributed by atoms with Gasteiger partial charge in [-0.1, -0.05) is 6.07 Å². The van der Waals surface area contributed by atoms with E-state index in [9.17, 15) is 18.0 Å². The Bertz CT molecular complexity index is 1050. The minimum atomic E-state index is -3.98. The van der Waals surface area contributed by atoms with Crippen molar-refractivity contribution in [2.24, 2.45) is 0 Å². The van der Waals surface area contributed by atoms with Gasteiger partial charge in [0, 0.05) is 25.7 Å². The summed E-state index contributed by atoms with van der Waals surface area (Å²) in [5, 5.41) is 2.60. The number of hydrogen-bond donors (Lipinski definition) is 2. The van der Waals surface area contributed by atoms with Crippen molar-refractivity contribution in [2.75, 3.05) is 43.5 Å². The molecule has 1 heterocycles. The van der Waals surface area contributed by atoms with Crippen LogP contribution in [0, 0.1) is 0 Å². The van der Waals surface area contributed by atoms with Gasteiger partial charge in [-0.05, 0) is 36.4 Å². The Morgan fingerprint density at radius 3 is 2.43 bits per heavy atom. The van der Waals surface area contributed by atoms with Crippen molar-refractivity contribution in [3.05, 3.63) is 48.0 Å². The van der Waals surface area contributed by atoms with Crippen LogP contribution in [0.1, 0.15) is 17.3 Å². The summed E-state index contributed by atoms with van der Waals surface area (Å²) in [4.78, 5) is 25.6. The number of morpholine rings is 1. The molecule has 1 fully saturated rings. The molecular formula is C20H23N3O6S. The molecule has 9 nitrogen and oxygen atoms in total. The van der Waals surface area contributed by atoms with Gasteiger partial charge in [0.2, 0.25) is 5.91 Å². The maximum Gasteiger partial charge on any atom is 0.261 e. The van der Waals surface area contributed by atoms with Gasteiger partial charge in [-0.15, -0.1) is 0 Å². The van der Waals surface area contributed by atoms with Crippen LogP contribution in [0.3, 0.4) is 0 Å². The Hall–Kier alpha value is -3.11. The van der Waals surface area contributed by atoms with Crippen LogP contribution in [0.15, 0.2) is 47.4 Å². The van der Waals surface area contributed by atoms with Crippen LogP contribution in [-0.4, -0.2) is 58.5 Å². The van der Waals surface area contributed by atoms with Crippen LogP contribution in [-0.2, 0) is 19.6 Å². The number of anilines is 2. The predicted octanol–water partition coefficient (Wildman–Crippen LogP) is 1.93. The molecule has 0 saturated carbocycles. The lowest BCUT2D eigenvalue weighted by Gasteiger charge is -2.27. The average molecular weight is 433 g/mol. The quantitative estimate of drug-likeness (QED) is 0.720. The molecule has 0 atom stereocenters. The first kappa shape index (κ1) is 21.6. The van der Waals surface area contributed by atoms with E-state index in [-0.39, 0.29) is 33.7 Å². The molecule has 1 aliphatic rings. The minimum absolute atomic E-state index is 0.0789. The second kappa shape index (κ2) is 9.14. The van der Waals surface area contributed by atoms with Gasteiger partial charge in [0.25, 0.3) is 15.9 Å². The van der Waals surface area contributed by atoms with Crippen molar-refractivity contribution in [2.45, 2.75) is 11.8 Å². The van der Waals surface area contributed by atoms with Crippen molar-refractivity contribution in [1.29, 1.82) is 0 Å². The van der Waals surface area contributed by atoms with E-state index in [1.165, 1.54) is 38.3 Å². The molecule has 160 valence electrons. The van der Waals surface area contributed by atoms with Gasteiger partial charge in [-0.2, -0.15) is 0 Å². The molecule has 0 aliphatic carbocycles. The maximum atomic E-state index is 12.9. The largest absolute Gasteiger partial charge is 0.496 e. The molecule has 0 spiro atoms. The highest BCUT2D eigenvalue weighted by molar-refractivity contribution is 7.92. The molecule has 0 aromatic heterocycles. The molecule has 10 heteroatoms. The smallest absolute Gasteiger partial charge is 0.261 e. The van der Waals surface area contributed by atoms with Crippen molar-refractivity contribution in [3.63, 3.8) is 0 Å². The lowest BCUT2D eigenvalue weighted by atomic mass is 10.1. The Balaban J connectivity index is 1.89. The van der Waals surface area contributed by atoms with Crippen LogP contribution in [0.4, 0.5) is 11.4 Å². The number of hydrogen-bond acceptors (Lipinski definition) is 6. The summed E-state index contributed by atoms with van der Waals surface area (Å²) < 4.78 is 38.8. The van der Waals surface area contributed by atoms with Gasteiger partial charge in [0.1, 0.15) is 5.75 Å². The molecule has 0 radical (unpaired) electrons. The third kappa shape index (κ3) is 5.08. The monoisotopic (exact) mass is 433 g/mol. The number of nitrogens with one attached hydrogen (secondary N) is 2. The van der Waals surface area contributed by atoms with Gasteiger partial charge < -0.3 is 19.7 Å². The van der Waals surface area contributed by atoms with Gasteiger partial charge in [0.15, 0.2) is 0 Å². The van der Waals surface area contributed by atoms with Crippen LogP contribution >= 0.6 is 0 Å². The number of amides is 2. The van der Waals surface area contributed by atoms with Gasteiger partial charge in [0.05, 0.1) is 36.5 Å². The van der Waals surface area contributed by atoms with Gasteiger partial charge in [-0.3, -0.25) is 14.3 Å². The number of sulfonamides is 1. The van der Waals surface area contributed by atoms with Crippen LogP contribution in [0.2, 0.25) is 0 Å². The summed E-state index contributed by atoms with van der Waals surface area (Å²) in [6.07, 6.45) is 0. The number of carbonyl (C=O) groups excluding carboxylic acids is 2. The molecule has 2 N–H and O–H groups in total. The topological polar surface area (TPSA) is 114 Å². The van der Waals surface area contributed by atoms with E-state index >= 15 is 0 Å². The first-order chi connectivity index (χ1) is 14.3. The molecule has 1 saturated heterocycles. The lowest BCUT2D eigenvalue weighted by Crippen LogP contribution is -2.40. The minimum Gasteiger partial charge on any atom is -0.496 e. The summed E-state index contributed by atoms with van der Waals surface area (Å²) in [7, 11) is -2.56. The first-order valence-corrected chi connectivity index (χ1v) is 10.7. The van der Waals surface area contributed by atoms with Crippen molar-refractivity contribution in [3.8, 4) is 5.75 Å². The number of nitrogens with zero attached hydrogens (tertiary/aromatic N) is 1. The normalized spacial score (nSPS) is 14.1. The van der Waals surface area contributed by atoms with E-state index in [0.29, 0.717) is 32.0 Å². The highest BCUT2D eigenvalue weighted by Crippen LogP contribution is 2.26. The number of methoxy groups -OCH3 is 1. The molecule has 0 bridgehead atoms. The van der Waals surface area contributed by atoms with Crippen molar-refractivity contribution < 1.29 is 27.5 Å². The third-order valence-electron chi connectivity index (χ3n) is 4.45. The first-order valence-electron chi connectivity index (χ1n) is 9.26. The second-order valence-corrected chi connectivity index (χ2v) is 8.32. The number of benzene rings is 2. The number of ether oxygens (including phenoxy) is 2. The molecular weight excluding hydrogens is 410 g/mol. The second-order valence-electron chi connectivity index (χ2n) is 6.63. The summed E-state index contributed by atoms with van der Waals surface area (Å²) in [5.74, 6) is -0.297. The van der Waals surface area contributed by atoms with Crippen molar-refractivity contribution in [1.82, 2.24) is 4.90 Å². The fourth-order valence-electron chi connectivity index (χ4n) is 3.04. The van der Waals surface area contributed by atoms with E-state index in [1.54, 1.807) is 23.1 Å². The van der Waals surface area contributed by atoms with E-state index in [1.807, 2.05) is 0 Å². The highest BCUT2D eigenvalue weighted by Gasteiger charge is 2.25. The molecule has 1 aliphatic heterocycles. The van der Waals surface area contributed by atoms with E-state index in [4.69, 9.17) is 9.47 Å². The fraction of sp³-hybridized carbons (Fsp3) is 0.300. The molecule has 2 amide bonds. The molecule has 0 unspecified atom stereocenters. The molecule has 2 aromatic rings. The maximum absolute atomic E-state index is 12.9. The summed E-state index contributed by atoms with van der Waals surface area (Å²) in [6, 6.07) is 10.5. The SMILES string of the molecule is COc1ccc(S(=O)(=O)Nc2cccc(NC(C)=O)c2)cc1C(=O)N1CCOCC1. The van der Waals surface area contributed by atoms with Crippen LogP contribution in [0.25, 0.3) is 0 Å². The third-order valence-corrected chi connectivity index (χ3v) is 5.82. The van der Waals surface area contributed by atoms with Gasteiger partial charge >= 0.3 is 0 Å². The highest BCUT2D eigenvalue weighted by atomic mass is 32.2. The van der Waals surface area contributed by atoms with E-state index in [0.717, 1.165) is 0 Å². The zero-order valence-corrected chi connectivity index (χ0v) is 17.5. The Labute approximate surface area is 175 Å². The fourth-order valence-corrected chi connectivity index (χ4v) is 4.11. The lowest BCUT2D eigenvalue weighted by molar-refractivity contribution is -0.114. The average Bonchev–Trinajstić information content (AvgIpc) is 2.73. The van der Waals surface area contributed by atoms with E-state index < -0.39 is 10.0 Å². The van der Waals surface area contributed by atoms with E-state index in [2.05, 4.69) is 10.0 Å². The molecule has 2 aromatic carbocycles. The molecule has 30 heavy (non-hydrogen) atoms. The predicted molar refractivity (Wildman–Crippen MR) is 111 cm³/mol. The summed E-state index contributed by atoms with van der Waals surface area (Å²) in [5.41, 5.74) is 0.896. The van der Waals surface area contributed by atoms with Gasteiger partial charge in [-0.25, -0.2) is 8.42 Å². The summed E-state index contributed by atoms with van der Waals surface area (Å²) >= 11 is 0. The standard InChI is InChI=1S/C20H23N3O6S/c1-14(24)21-15-4-3-5-16(12-15)22-30(26,27)17-6-7-19(28-2)18(13-17)20(25)23-8-10-29-11-9-23/h3-7,12-13,22H,8-11H2,1-2H3,(H,21,24). The van der Waals surface area contributed by atoms with Crippen LogP contribution in [0.5, 0.6) is 5.75 Å².